The number of aryl methyl sites for hydroxylation is 1. The number of hydrogen-bond donors (Lipinski definition) is 0. The number of hydrogen-bond acceptors (Lipinski definition) is 1. The van der Waals surface area contributed by atoms with Crippen molar-refractivity contribution in [1.29, 1.82) is 0 Å². The van der Waals surface area contributed by atoms with Crippen LogP contribution >= 0.6 is 0 Å². The first kappa shape index (κ1) is 9.11. The van der Waals surface area contributed by atoms with Crippen LogP contribution in [0.1, 0.15) is 18.4 Å². The van der Waals surface area contributed by atoms with Gasteiger partial charge in [-0.25, -0.2) is 0 Å². The summed E-state index contributed by atoms with van der Waals surface area (Å²) >= 11 is 0. The van der Waals surface area contributed by atoms with E-state index in [4.69, 9.17) is 4.74 Å². The van der Waals surface area contributed by atoms with E-state index in [0.717, 1.165) is 25.2 Å². The maximum Gasteiger partial charge on any atom is 0.119 e. The van der Waals surface area contributed by atoms with Gasteiger partial charge >= 0.3 is 0 Å². The van der Waals surface area contributed by atoms with Gasteiger partial charge in [0.05, 0.1) is 6.61 Å². The monoisotopic (exact) mass is 163 g/mol. The smallest absolute Gasteiger partial charge is 0.119 e. The van der Waals surface area contributed by atoms with E-state index < -0.39 is 0 Å². The molecule has 0 spiro atoms. The van der Waals surface area contributed by atoms with E-state index in [1.165, 1.54) is 5.56 Å². The van der Waals surface area contributed by atoms with E-state index in [2.05, 4.69) is 26.0 Å². The molecule has 0 atom stereocenters. The molecule has 65 valence electrons. The summed E-state index contributed by atoms with van der Waals surface area (Å²) in [5.41, 5.74) is 1.26. The molecule has 1 radical (unpaired) electrons. The Morgan fingerprint density at radius 3 is 2.50 bits per heavy atom. The summed E-state index contributed by atoms with van der Waals surface area (Å²) in [7, 11) is 0. The molecule has 1 heteroatoms. The van der Waals surface area contributed by atoms with Crippen molar-refractivity contribution >= 4 is 0 Å². The van der Waals surface area contributed by atoms with Gasteiger partial charge in [-0.3, -0.25) is 0 Å². The Bertz CT molecular complexity index is 213. The fourth-order valence-corrected chi connectivity index (χ4v) is 0.927. The second kappa shape index (κ2) is 4.81. The minimum Gasteiger partial charge on any atom is -0.494 e. The summed E-state index contributed by atoms with van der Waals surface area (Å²) in [6, 6.07) is 8.11. The highest BCUT2D eigenvalue weighted by Crippen LogP contribution is 2.11. The van der Waals surface area contributed by atoms with Crippen molar-refractivity contribution in [3.05, 3.63) is 36.8 Å². The lowest BCUT2D eigenvalue weighted by atomic mass is 10.2. The molecule has 12 heavy (non-hydrogen) atoms. The summed E-state index contributed by atoms with van der Waals surface area (Å²) in [5.74, 6) is 0.953. The molecular formula is C11H15O. The summed E-state index contributed by atoms with van der Waals surface area (Å²) in [4.78, 5) is 0. The first-order valence-electron chi connectivity index (χ1n) is 4.31. The third kappa shape index (κ3) is 2.95. The lowest BCUT2D eigenvalue weighted by molar-refractivity contribution is 0.312. The third-order valence-corrected chi connectivity index (χ3v) is 1.68. The largest absolute Gasteiger partial charge is 0.494 e. The van der Waals surface area contributed by atoms with Crippen LogP contribution in [0.15, 0.2) is 24.3 Å². The van der Waals surface area contributed by atoms with Gasteiger partial charge in [0.2, 0.25) is 0 Å². The van der Waals surface area contributed by atoms with Crippen molar-refractivity contribution in [1.82, 2.24) is 0 Å². The maximum absolute atomic E-state index is 5.46. The van der Waals surface area contributed by atoms with Crippen LogP contribution in [0.5, 0.6) is 5.75 Å². The topological polar surface area (TPSA) is 9.23 Å². The second-order valence-corrected chi connectivity index (χ2v) is 2.87. The molecular weight excluding hydrogens is 148 g/mol. The van der Waals surface area contributed by atoms with E-state index in [1.54, 1.807) is 0 Å². The van der Waals surface area contributed by atoms with Gasteiger partial charge in [0.25, 0.3) is 0 Å². The first-order chi connectivity index (χ1) is 5.83. The molecule has 0 aromatic heterocycles. The van der Waals surface area contributed by atoms with Crippen molar-refractivity contribution in [2.24, 2.45) is 0 Å². The van der Waals surface area contributed by atoms with Gasteiger partial charge in [-0.1, -0.05) is 31.0 Å². The molecule has 0 aliphatic heterocycles. The Kier molecular flexibility index (Phi) is 3.65. The predicted molar refractivity (Wildman–Crippen MR) is 51.3 cm³/mol. The highest BCUT2D eigenvalue weighted by Gasteiger charge is 1.91. The van der Waals surface area contributed by atoms with Gasteiger partial charge in [-0.05, 0) is 25.5 Å². The average Bonchev–Trinajstić information content (AvgIpc) is 2.09. The summed E-state index contributed by atoms with van der Waals surface area (Å²) in [5, 5.41) is 0. The van der Waals surface area contributed by atoms with Gasteiger partial charge in [0, 0.05) is 0 Å². The van der Waals surface area contributed by atoms with Gasteiger partial charge in [-0.15, -0.1) is 0 Å². The molecule has 1 aromatic rings. The highest BCUT2D eigenvalue weighted by atomic mass is 16.5. The minimum absolute atomic E-state index is 0.770. The molecule has 1 nitrogen and oxygen atoms in total. The zero-order chi connectivity index (χ0) is 8.81. The Labute approximate surface area is 74.4 Å². The van der Waals surface area contributed by atoms with Crippen molar-refractivity contribution < 1.29 is 4.74 Å². The van der Waals surface area contributed by atoms with E-state index in [-0.39, 0.29) is 0 Å². The van der Waals surface area contributed by atoms with E-state index in [0.29, 0.717) is 0 Å². The summed E-state index contributed by atoms with van der Waals surface area (Å²) in [6.45, 7) is 6.59. The Morgan fingerprint density at radius 1 is 1.25 bits per heavy atom. The molecule has 0 amide bonds. The van der Waals surface area contributed by atoms with E-state index >= 15 is 0 Å². The van der Waals surface area contributed by atoms with E-state index in [1.807, 2.05) is 12.1 Å². The van der Waals surface area contributed by atoms with Gasteiger partial charge in [0.1, 0.15) is 5.75 Å². The SMILES string of the molecule is [CH2]CCCOc1ccc(C)cc1. The molecule has 1 aromatic carbocycles. The zero-order valence-electron chi connectivity index (χ0n) is 7.55. The number of benzene rings is 1. The molecule has 0 aliphatic rings. The fourth-order valence-electron chi connectivity index (χ4n) is 0.927. The van der Waals surface area contributed by atoms with Crippen molar-refractivity contribution in [2.45, 2.75) is 19.8 Å². The van der Waals surface area contributed by atoms with E-state index in [9.17, 15) is 0 Å². The van der Waals surface area contributed by atoms with Gasteiger partial charge in [0.15, 0.2) is 0 Å². The summed E-state index contributed by atoms with van der Waals surface area (Å²) < 4.78 is 5.46. The molecule has 0 saturated heterocycles. The summed E-state index contributed by atoms with van der Waals surface area (Å²) in [6.07, 6.45) is 1.96. The molecule has 0 saturated carbocycles. The lowest BCUT2D eigenvalue weighted by Gasteiger charge is -2.04. The van der Waals surface area contributed by atoms with Crippen LogP contribution in [0.3, 0.4) is 0 Å². The Hall–Kier alpha value is -0.980. The minimum atomic E-state index is 0.770. The normalized spacial score (nSPS) is 9.83. The van der Waals surface area contributed by atoms with Crippen LogP contribution in [-0.2, 0) is 0 Å². The first-order valence-corrected chi connectivity index (χ1v) is 4.31. The van der Waals surface area contributed by atoms with Crippen molar-refractivity contribution in [2.75, 3.05) is 6.61 Å². The second-order valence-electron chi connectivity index (χ2n) is 2.87. The quantitative estimate of drug-likeness (QED) is 0.620. The Morgan fingerprint density at radius 2 is 1.92 bits per heavy atom. The van der Waals surface area contributed by atoms with Crippen LogP contribution in [0.4, 0.5) is 0 Å². The fraction of sp³-hybridized carbons (Fsp3) is 0.364. The molecule has 0 unspecified atom stereocenters. The predicted octanol–water partition coefficient (Wildman–Crippen LogP) is 2.99. The van der Waals surface area contributed by atoms with Gasteiger partial charge < -0.3 is 4.74 Å². The third-order valence-electron chi connectivity index (χ3n) is 1.68. The van der Waals surface area contributed by atoms with Crippen LogP contribution in [0.25, 0.3) is 0 Å². The molecule has 1 rings (SSSR count). The number of rotatable bonds is 4. The molecule has 0 fully saturated rings. The standard InChI is InChI=1S/C11H15O/c1-3-4-9-12-11-7-5-10(2)6-8-11/h5-8H,1,3-4,9H2,2H3. The molecule has 0 heterocycles. The van der Waals surface area contributed by atoms with Crippen molar-refractivity contribution in [3.8, 4) is 5.75 Å². The van der Waals surface area contributed by atoms with Crippen LogP contribution in [0, 0.1) is 13.8 Å². The Balaban J connectivity index is 2.37. The zero-order valence-corrected chi connectivity index (χ0v) is 7.55. The van der Waals surface area contributed by atoms with Crippen LogP contribution in [0.2, 0.25) is 0 Å². The average molecular weight is 163 g/mol. The van der Waals surface area contributed by atoms with Crippen LogP contribution < -0.4 is 4.74 Å². The molecule has 0 aliphatic carbocycles. The molecule has 0 N–H and O–H groups in total. The highest BCUT2D eigenvalue weighted by molar-refractivity contribution is 5.26. The van der Waals surface area contributed by atoms with Crippen LogP contribution in [-0.4, -0.2) is 6.61 Å². The lowest BCUT2D eigenvalue weighted by Crippen LogP contribution is -1.95. The maximum atomic E-state index is 5.46. The number of unbranched alkanes of at least 4 members (excludes halogenated alkanes) is 1. The number of ether oxygens (including phenoxy) is 1. The van der Waals surface area contributed by atoms with Crippen molar-refractivity contribution in [3.63, 3.8) is 0 Å². The molecule has 0 bridgehead atoms. The van der Waals surface area contributed by atoms with Gasteiger partial charge in [-0.2, -0.15) is 0 Å².